The summed E-state index contributed by atoms with van der Waals surface area (Å²) < 4.78 is 5.56. The molecule has 2 atom stereocenters. The highest BCUT2D eigenvalue weighted by atomic mass is 16.5. The molecule has 2 saturated heterocycles. The van der Waals surface area contributed by atoms with E-state index in [1.165, 1.54) is 58.0 Å². The second-order valence-corrected chi connectivity index (χ2v) is 8.71. The molecule has 3 rings (SSSR count). The molecule has 6 nitrogen and oxygen atoms in total. The third kappa shape index (κ3) is 6.06. The van der Waals surface area contributed by atoms with E-state index in [0.29, 0.717) is 18.1 Å². The van der Waals surface area contributed by atoms with Crippen LogP contribution >= 0.6 is 0 Å². The summed E-state index contributed by atoms with van der Waals surface area (Å²) in [4.78, 5) is 9.74. The molecule has 0 amide bonds. The summed E-state index contributed by atoms with van der Waals surface area (Å²) in [5.74, 6) is 0.957. The van der Waals surface area contributed by atoms with E-state index in [9.17, 15) is 0 Å². The van der Waals surface area contributed by atoms with Gasteiger partial charge in [-0.2, -0.15) is 0 Å². The Morgan fingerprint density at radius 3 is 2.52 bits per heavy atom. The number of hydrogen-bond donors (Lipinski definition) is 2. The second-order valence-electron chi connectivity index (χ2n) is 8.71. The highest BCUT2D eigenvalue weighted by Crippen LogP contribution is 2.25. The van der Waals surface area contributed by atoms with Gasteiger partial charge in [-0.25, -0.2) is 0 Å². The van der Waals surface area contributed by atoms with Gasteiger partial charge in [-0.1, -0.05) is 19.3 Å². The molecule has 0 bridgehead atoms. The Balaban J connectivity index is 1.37. The summed E-state index contributed by atoms with van der Waals surface area (Å²) in [7, 11) is 1.88. The molecule has 2 N–H and O–H groups in total. The van der Waals surface area contributed by atoms with Crippen LogP contribution in [0, 0.1) is 0 Å². The molecule has 3 aliphatic rings. The van der Waals surface area contributed by atoms with Crippen LogP contribution < -0.4 is 10.6 Å². The minimum absolute atomic E-state index is 0.482. The Kier molecular flexibility index (Phi) is 8.22. The largest absolute Gasteiger partial charge is 0.379 e. The normalized spacial score (nSPS) is 28.9. The standard InChI is InChI=1S/C21H41N5O/c1-17(26-13-14-27-16-18(26)2)15-23-21(22-3)24-19-9-11-25(12-10-19)20-7-5-4-6-8-20/h17-20H,4-16H2,1-3H3,(H2,22,23,24). The fourth-order valence-corrected chi connectivity index (χ4v) is 5.00. The maximum atomic E-state index is 5.56. The van der Waals surface area contributed by atoms with Gasteiger partial charge in [0.1, 0.15) is 0 Å². The predicted octanol–water partition coefficient (Wildman–Crippen LogP) is 2.06. The maximum Gasteiger partial charge on any atom is 0.191 e. The molecule has 1 saturated carbocycles. The number of guanidine groups is 1. The number of aliphatic imine (C=N–C) groups is 1. The molecular formula is C21H41N5O. The van der Waals surface area contributed by atoms with E-state index in [-0.39, 0.29) is 0 Å². The molecular weight excluding hydrogens is 338 g/mol. The zero-order valence-corrected chi connectivity index (χ0v) is 17.8. The monoisotopic (exact) mass is 379 g/mol. The lowest BCUT2D eigenvalue weighted by Crippen LogP contribution is -2.55. The van der Waals surface area contributed by atoms with Gasteiger partial charge in [0.25, 0.3) is 0 Å². The molecule has 2 unspecified atom stereocenters. The fraction of sp³-hybridized carbons (Fsp3) is 0.952. The van der Waals surface area contributed by atoms with Crippen LogP contribution in [-0.4, -0.2) is 86.4 Å². The molecule has 0 aromatic heterocycles. The number of ether oxygens (including phenoxy) is 1. The van der Waals surface area contributed by atoms with Crippen LogP contribution in [-0.2, 0) is 4.74 Å². The SMILES string of the molecule is CN=C(NCC(C)N1CCOCC1C)NC1CCN(C2CCCCC2)CC1. The van der Waals surface area contributed by atoms with Crippen LogP contribution in [0.15, 0.2) is 4.99 Å². The van der Waals surface area contributed by atoms with E-state index in [1.807, 2.05) is 7.05 Å². The summed E-state index contributed by atoms with van der Waals surface area (Å²) in [5.41, 5.74) is 0. The van der Waals surface area contributed by atoms with Crippen molar-refractivity contribution >= 4 is 5.96 Å². The van der Waals surface area contributed by atoms with E-state index >= 15 is 0 Å². The molecule has 6 heteroatoms. The Morgan fingerprint density at radius 2 is 1.85 bits per heavy atom. The van der Waals surface area contributed by atoms with Crippen molar-refractivity contribution in [3.8, 4) is 0 Å². The van der Waals surface area contributed by atoms with E-state index in [0.717, 1.165) is 38.3 Å². The molecule has 3 fully saturated rings. The van der Waals surface area contributed by atoms with Crippen LogP contribution in [0.25, 0.3) is 0 Å². The molecule has 2 heterocycles. The number of piperidine rings is 1. The lowest BCUT2D eigenvalue weighted by Gasteiger charge is -2.40. The van der Waals surface area contributed by atoms with Crippen LogP contribution in [0.1, 0.15) is 58.8 Å². The molecule has 156 valence electrons. The fourth-order valence-electron chi connectivity index (χ4n) is 5.00. The van der Waals surface area contributed by atoms with Gasteiger partial charge in [-0.05, 0) is 39.5 Å². The van der Waals surface area contributed by atoms with Crippen molar-refractivity contribution in [2.24, 2.45) is 4.99 Å². The topological polar surface area (TPSA) is 52.1 Å². The van der Waals surface area contributed by atoms with Gasteiger partial charge >= 0.3 is 0 Å². The molecule has 0 aromatic carbocycles. The van der Waals surface area contributed by atoms with Crippen LogP contribution in [0.3, 0.4) is 0 Å². The van der Waals surface area contributed by atoms with Crippen LogP contribution in [0.2, 0.25) is 0 Å². The molecule has 0 spiro atoms. The molecule has 2 aliphatic heterocycles. The lowest BCUT2D eigenvalue weighted by molar-refractivity contribution is -0.0174. The van der Waals surface area contributed by atoms with Crippen LogP contribution in [0.4, 0.5) is 0 Å². The smallest absolute Gasteiger partial charge is 0.191 e. The van der Waals surface area contributed by atoms with Crippen molar-refractivity contribution in [3.63, 3.8) is 0 Å². The van der Waals surface area contributed by atoms with Crippen molar-refractivity contribution in [2.75, 3.05) is 46.4 Å². The second kappa shape index (κ2) is 10.6. The zero-order chi connectivity index (χ0) is 19.1. The van der Waals surface area contributed by atoms with Gasteiger partial charge in [0.2, 0.25) is 0 Å². The van der Waals surface area contributed by atoms with Gasteiger partial charge < -0.3 is 20.3 Å². The summed E-state index contributed by atoms with van der Waals surface area (Å²) in [6, 6.07) is 2.38. The minimum Gasteiger partial charge on any atom is -0.379 e. The zero-order valence-electron chi connectivity index (χ0n) is 17.8. The van der Waals surface area contributed by atoms with Crippen LogP contribution in [0.5, 0.6) is 0 Å². The Morgan fingerprint density at radius 1 is 1.11 bits per heavy atom. The molecule has 0 radical (unpaired) electrons. The van der Waals surface area contributed by atoms with Crippen molar-refractivity contribution in [2.45, 2.75) is 83.0 Å². The Hall–Kier alpha value is -0.850. The number of rotatable bonds is 5. The Bertz CT molecular complexity index is 457. The van der Waals surface area contributed by atoms with Crippen molar-refractivity contribution in [3.05, 3.63) is 0 Å². The van der Waals surface area contributed by atoms with Gasteiger partial charge in [0.05, 0.1) is 13.2 Å². The predicted molar refractivity (Wildman–Crippen MR) is 112 cm³/mol. The molecule has 27 heavy (non-hydrogen) atoms. The number of nitrogens with zero attached hydrogens (tertiary/aromatic N) is 3. The first kappa shape index (κ1) is 20.9. The first-order valence-corrected chi connectivity index (χ1v) is 11.2. The first-order chi connectivity index (χ1) is 13.2. The summed E-state index contributed by atoms with van der Waals surface area (Å²) in [6.07, 6.45) is 9.59. The summed E-state index contributed by atoms with van der Waals surface area (Å²) >= 11 is 0. The van der Waals surface area contributed by atoms with Gasteiger partial charge in [0.15, 0.2) is 5.96 Å². The number of morpholine rings is 1. The summed E-state index contributed by atoms with van der Waals surface area (Å²) in [6.45, 7) is 10.7. The van der Waals surface area contributed by atoms with E-state index in [2.05, 4.69) is 39.3 Å². The average molecular weight is 380 g/mol. The van der Waals surface area contributed by atoms with E-state index in [4.69, 9.17) is 4.74 Å². The van der Waals surface area contributed by atoms with Crippen molar-refractivity contribution in [1.29, 1.82) is 0 Å². The third-order valence-electron chi connectivity index (χ3n) is 6.74. The minimum atomic E-state index is 0.482. The lowest BCUT2D eigenvalue weighted by atomic mass is 9.92. The Labute approximate surface area is 166 Å². The highest BCUT2D eigenvalue weighted by Gasteiger charge is 2.27. The van der Waals surface area contributed by atoms with Crippen molar-refractivity contribution < 1.29 is 4.74 Å². The average Bonchev–Trinajstić information content (AvgIpc) is 2.72. The quantitative estimate of drug-likeness (QED) is 0.566. The van der Waals surface area contributed by atoms with E-state index < -0.39 is 0 Å². The third-order valence-corrected chi connectivity index (χ3v) is 6.74. The van der Waals surface area contributed by atoms with Crippen molar-refractivity contribution in [1.82, 2.24) is 20.4 Å². The highest BCUT2D eigenvalue weighted by molar-refractivity contribution is 5.80. The first-order valence-electron chi connectivity index (χ1n) is 11.2. The van der Waals surface area contributed by atoms with Gasteiger partial charge in [-0.3, -0.25) is 9.89 Å². The maximum absolute atomic E-state index is 5.56. The summed E-state index contributed by atoms with van der Waals surface area (Å²) in [5, 5.41) is 7.22. The number of nitrogens with one attached hydrogen (secondary N) is 2. The molecule has 0 aromatic rings. The van der Waals surface area contributed by atoms with Gasteiger partial charge in [0, 0.05) is 57.4 Å². The molecule has 1 aliphatic carbocycles. The van der Waals surface area contributed by atoms with E-state index in [1.54, 1.807) is 0 Å². The number of likely N-dealkylation sites (tertiary alicyclic amines) is 1. The van der Waals surface area contributed by atoms with Gasteiger partial charge in [-0.15, -0.1) is 0 Å². The number of hydrogen-bond acceptors (Lipinski definition) is 4.